The van der Waals surface area contributed by atoms with Gasteiger partial charge in [0.05, 0.1) is 19.8 Å². The molecule has 4 nitrogen and oxygen atoms in total. The molecule has 0 saturated carbocycles. The van der Waals surface area contributed by atoms with Gasteiger partial charge in [0.25, 0.3) is 0 Å². The van der Waals surface area contributed by atoms with Crippen LogP contribution in [0.1, 0.15) is 19.8 Å². The van der Waals surface area contributed by atoms with Crippen molar-refractivity contribution in [1.29, 1.82) is 5.26 Å². The van der Waals surface area contributed by atoms with Crippen LogP contribution in [0.4, 0.5) is 0 Å². The van der Waals surface area contributed by atoms with Crippen LogP contribution in [0.15, 0.2) is 23.2 Å². The lowest BCUT2D eigenvalue weighted by Crippen LogP contribution is -2.14. The second kappa shape index (κ2) is 6.19. The van der Waals surface area contributed by atoms with Crippen molar-refractivity contribution in [3.8, 4) is 6.07 Å². The standard InChI is InChI=1S/C12H18N2O2/c1-9-6-10(8-14)7-11(15-2)12(9)16-5-3-4-13/h7,9H,3-6,13H2,1-2H3. The van der Waals surface area contributed by atoms with Crippen LogP contribution in [0.5, 0.6) is 0 Å². The van der Waals surface area contributed by atoms with Crippen molar-refractivity contribution >= 4 is 0 Å². The second-order valence-corrected chi connectivity index (χ2v) is 3.81. The van der Waals surface area contributed by atoms with E-state index in [9.17, 15) is 0 Å². The predicted molar refractivity (Wildman–Crippen MR) is 61.1 cm³/mol. The summed E-state index contributed by atoms with van der Waals surface area (Å²) >= 11 is 0. The van der Waals surface area contributed by atoms with E-state index in [0.717, 1.165) is 17.8 Å². The van der Waals surface area contributed by atoms with Crippen molar-refractivity contribution in [2.75, 3.05) is 20.3 Å². The highest BCUT2D eigenvalue weighted by Gasteiger charge is 2.22. The summed E-state index contributed by atoms with van der Waals surface area (Å²) < 4.78 is 10.9. The molecule has 0 heterocycles. The Morgan fingerprint density at radius 1 is 1.62 bits per heavy atom. The van der Waals surface area contributed by atoms with Crippen LogP contribution >= 0.6 is 0 Å². The third kappa shape index (κ3) is 3.01. The van der Waals surface area contributed by atoms with Crippen molar-refractivity contribution in [3.63, 3.8) is 0 Å². The first kappa shape index (κ1) is 12.6. The number of nitrogens with zero attached hydrogens (tertiary/aromatic N) is 1. The van der Waals surface area contributed by atoms with Crippen LogP contribution in [0.2, 0.25) is 0 Å². The third-order valence-corrected chi connectivity index (χ3v) is 2.49. The van der Waals surface area contributed by atoms with E-state index in [1.54, 1.807) is 13.2 Å². The van der Waals surface area contributed by atoms with E-state index in [-0.39, 0.29) is 5.92 Å². The van der Waals surface area contributed by atoms with Gasteiger partial charge in [-0.05, 0) is 25.5 Å². The van der Waals surface area contributed by atoms with Gasteiger partial charge in [0.2, 0.25) is 0 Å². The van der Waals surface area contributed by atoms with E-state index in [0.29, 0.717) is 25.3 Å². The fourth-order valence-electron chi connectivity index (χ4n) is 1.67. The molecule has 0 saturated heterocycles. The number of allylic oxidation sites excluding steroid dienone is 3. The number of methoxy groups -OCH3 is 1. The zero-order valence-electron chi connectivity index (χ0n) is 9.82. The monoisotopic (exact) mass is 222 g/mol. The van der Waals surface area contributed by atoms with Crippen LogP contribution in [0.25, 0.3) is 0 Å². The van der Waals surface area contributed by atoms with Gasteiger partial charge in [0.1, 0.15) is 5.76 Å². The Hall–Kier alpha value is -1.47. The normalized spacial score (nSPS) is 20.1. The van der Waals surface area contributed by atoms with Crippen molar-refractivity contribution in [2.45, 2.75) is 19.8 Å². The molecule has 0 radical (unpaired) electrons. The first-order valence-corrected chi connectivity index (χ1v) is 5.44. The molecule has 0 aliphatic heterocycles. The van der Waals surface area contributed by atoms with Crippen LogP contribution < -0.4 is 5.73 Å². The molecule has 0 amide bonds. The molecular formula is C12H18N2O2. The predicted octanol–water partition coefficient (Wildman–Crippen LogP) is 1.70. The van der Waals surface area contributed by atoms with Crippen molar-refractivity contribution in [3.05, 3.63) is 23.2 Å². The van der Waals surface area contributed by atoms with Crippen molar-refractivity contribution in [1.82, 2.24) is 0 Å². The van der Waals surface area contributed by atoms with Crippen LogP contribution in [-0.4, -0.2) is 20.3 Å². The summed E-state index contributed by atoms with van der Waals surface area (Å²) in [6, 6.07) is 2.16. The van der Waals surface area contributed by atoms with Gasteiger partial charge in [-0.3, -0.25) is 0 Å². The molecule has 1 aliphatic rings. The van der Waals surface area contributed by atoms with Crippen LogP contribution in [-0.2, 0) is 9.47 Å². The molecule has 0 bridgehead atoms. The highest BCUT2D eigenvalue weighted by atomic mass is 16.5. The molecule has 4 heteroatoms. The first-order chi connectivity index (χ1) is 7.72. The Bertz CT molecular complexity index is 339. The van der Waals surface area contributed by atoms with E-state index in [1.165, 1.54) is 0 Å². The summed E-state index contributed by atoms with van der Waals surface area (Å²) in [5.74, 6) is 1.68. The lowest BCUT2D eigenvalue weighted by atomic mass is 9.93. The molecule has 0 spiro atoms. The molecule has 1 unspecified atom stereocenters. The summed E-state index contributed by atoms with van der Waals surface area (Å²) in [6.07, 6.45) is 3.28. The third-order valence-electron chi connectivity index (χ3n) is 2.49. The Morgan fingerprint density at radius 2 is 2.38 bits per heavy atom. The minimum atomic E-state index is 0.187. The first-order valence-electron chi connectivity index (χ1n) is 5.44. The summed E-state index contributed by atoms with van der Waals surface area (Å²) in [6.45, 7) is 3.24. The number of nitrogens with two attached hydrogens (primary N) is 1. The smallest absolute Gasteiger partial charge is 0.157 e. The summed E-state index contributed by atoms with van der Waals surface area (Å²) in [7, 11) is 1.59. The number of hydrogen-bond donors (Lipinski definition) is 1. The summed E-state index contributed by atoms with van der Waals surface area (Å²) in [5.41, 5.74) is 6.14. The van der Waals surface area contributed by atoms with E-state index in [2.05, 4.69) is 6.07 Å². The maximum absolute atomic E-state index is 8.87. The molecule has 0 fully saturated rings. The van der Waals surface area contributed by atoms with Gasteiger partial charge in [-0.25, -0.2) is 0 Å². The number of ether oxygens (including phenoxy) is 2. The maximum Gasteiger partial charge on any atom is 0.157 e. The molecule has 1 rings (SSSR count). The largest absolute Gasteiger partial charge is 0.494 e. The molecular weight excluding hydrogens is 204 g/mol. The molecule has 0 aromatic rings. The van der Waals surface area contributed by atoms with E-state index in [1.807, 2.05) is 6.92 Å². The Labute approximate surface area is 96.3 Å². The molecule has 2 N–H and O–H groups in total. The van der Waals surface area contributed by atoms with Gasteiger partial charge in [-0.15, -0.1) is 0 Å². The van der Waals surface area contributed by atoms with Crippen LogP contribution in [0.3, 0.4) is 0 Å². The van der Waals surface area contributed by atoms with Gasteiger partial charge in [-0.1, -0.05) is 6.92 Å². The zero-order chi connectivity index (χ0) is 12.0. The van der Waals surface area contributed by atoms with E-state index in [4.69, 9.17) is 20.5 Å². The van der Waals surface area contributed by atoms with Gasteiger partial charge >= 0.3 is 0 Å². The SMILES string of the molecule is COC1=C(OCCCN)C(C)CC(C#N)=C1. The minimum absolute atomic E-state index is 0.187. The molecule has 1 aliphatic carbocycles. The van der Waals surface area contributed by atoms with Gasteiger partial charge < -0.3 is 15.2 Å². The number of hydrogen-bond acceptors (Lipinski definition) is 4. The van der Waals surface area contributed by atoms with Crippen molar-refractivity contribution in [2.24, 2.45) is 11.7 Å². The second-order valence-electron chi connectivity index (χ2n) is 3.81. The molecule has 16 heavy (non-hydrogen) atoms. The zero-order valence-corrected chi connectivity index (χ0v) is 9.82. The quantitative estimate of drug-likeness (QED) is 0.719. The lowest BCUT2D eigenvalue weighted by Gasteiger charge is -2.23. The topological polar surface area (TPSA) is 68.3 Å². The maximum atomic E-state index is 8.87. The Kier molecular flexibility index (Phi) is 4.87. The van der Waals surface area contributed by atoms with Crippen molar-refractivity contribution < 1.29 is 9.47 Å². The summed E-state index contributed by atoms with van der Waals surface area (Å²) in [4.78, 5) is 0. The van der Waals surface area contributed by atoms with Gasteiger partial charge in [0, 0.05) is 11.5 Å². The fourth-order valence-corrected chi connectivity index (χ4v) is 1.67. The van der Waals surface area contributed by atoms with Gasteiger partial charge in [0.15, 0.2) is 5.76 Å². The molecule has 1 atom stereocenters. The molecule has 0 aromatic heterocycles. The highest BCUT2D eigenvalue weighted by molar-refractivity contribution is 5.35. The van der Waals surface area contributed by atoms with Crippen LogP contribution in [0, 0.1) is 17.2 Å². The van der Waals surface area contributed by atoms with Gasteiger partial charge in [-0.2, -0.15) is 5.26 Å². The van der Waals surface area contributed by atoms with E-state index >= 15 is 0 Å². The van der Waals surface area contributed by atoms with E-state index < -0.39 is 0 Å². The average molecular weight is 222 g/mol. The highest BCUT2D eigenvalue weighted by Crippen LogP contribution is 2.30. The average Bonchev–Trinajstić information content (AvgIpc) is 2.30. The number of nitriles is 1. The fraction of sp³-hybridized carbons (Fsp3) is 0.583. The Balaban J connectivity index is 2.79. The summed E-state index contributed by atoms with van der Waals surface area (Å²) in [5, 5.41) is 8.87. The minimum Gasteiger partial charge on any atom is -0.494 e. The lowest BCUT2D eigenvalue weighted by molar-refractivity contribution is 0.149. The molecule has 0 aromatic carbocycles. The molecule has 88 valence electrons. The Morgan fingerprint density at radius 3 is 2.94 bits per heavy atom. The number of rotatable bonds is 5.